The van der Waals surface area contributed by atoms with Crippen molar-refractivity contribution in [1.29, 1.82) is 0 Å². The lowest BCUT2D eigenvalue weighted by Crippen LogP contribution is -2.04. The molecule has 0 aliphatic carbocycles. The molecule has 2 unspecified atom stereocenters. The van der Waals surface area contributed by atoms with E-state index < -0.39 is 12.8 Å². The fourth-order valence-corrected chi connectivity index (χ4v) is 0.614. The van der Waals surface area contributed by atoms with E-state index in [-0.39, 0.29) is 11.8 Å². The van der Waals surface area contributed by atoms with E-state index in [0.717, 1.165) is 0 Å². The van der Waals surface area contributed by atoms with Crippen LogP contribution in [0.5, 0.6) is 0 Å². The molecule has 0 bridgehead atoms. The maximum absolute atomic E-state index is 12.1. The highest BCUT2D eigenvalue weighted by Gasteiger charge is 2.06. The summed E-state index contributed by atoms with van der Waals surface area (Å²) in [4.78, 5) is 0. The Labute approximate surface area is 59.2 Å². The van der Waals surface area contributed by atoms with Crippen LogP contribution in [-0.2, 0) is 0 Å². The molecule has 0 nitrogen and oxygen atoms in total. The molecule has 0 rings (SSSR count). The van der Waals surface area contributed by atoms with Gasteiger partial charge in [0.25, 0.3) is 0 Å². The Morgan fingerprint density at radius 2 is 2.00 bits per heavy atom. The van der Waals surface area contributed by atoms with Crippen molar-refractivity contribution in [2.75, 3.05) is 6.67 Å². The van der Waals surface area contributed by atoms with Crippen LogP contribution in [0.3, 0.4) is 0 Å². The van der Waals surface area contributed by atoms with Crippen LogP contribution < -0.4 is 0 Å². The largest absolute Gasteiger partial charge is 0.248 e. The average molecular weight is 157 g/mol. The molecular weight excluding hydrogens is 146 g/mol. The fourth-order valence-electron chi connectivity index (χ4n) is 0.488. The summed E-state index contributed by atoms with van der Waals surface area (Å²) in [6, 6.07) is 0. The molecule has 0 heterocycles. The molecule has 0 aliphatic heterocycles. The summed E-state index contributed by atoms with van der Waals surface area (Å²) < 4.78 is 23.5. The number of halogens is 3. The smallest absolute Gasteiger partial charge is 0.128 e. The standard InChI is InChI=1S/C6H11ClF2/c1-5(7)2-3-6(9)4-8/h5-6H,2-4H2,1H3. The van der Waals surface area contributed by atoms with Gasteiger partial charge in [0.15, 0.2) is 0 Å². The Morgan fingerprint density at radius 3 is 2.33 bits per heavy atom. The second-order valence-corrected chi connectivity index (χ2v) is 2.85. The number of rotatable bonds is 4. The lowest BCUT2D eigenvalue weighted by atomic mass is 10.2. The minimum Gasteiger partial charge on any atom is -0.248 e. The molecule has 0 saturated carbocycles. The predicted molar refractivity (Wildman–Crippen MR) is 35.4 cm³/mol. The van der Waals surface area contributed by atoms with Crippen molar-refractivity contribution in [2.45, 2.75) is 31.3 Å². The van der Waals surface area contributed by atoms with E-state index in [0.29, 0.717) is 6.42 Å². The van der Waals surface area contributed by atoms with E-state index in [2.05, 4.69) is 0 Å². The highest BCUT2D eigenvalue weighted by atomic mass is 35.5. The quantitative estimate of drug-likeness (QED) is 0.549. The zero-order valence-corrected chi connectivity index (χ0v) is 6.17. The van der Waals surface area contributed by atoms with Gasteiger partial charge in [-0.2, -0.15) is 0 Å². The SMILES string of the molecule is CC(Cl)CCC(F)CF. The van der Waals surface area contributed by atoms with Crippen molar-refractivity contribution in [3.8, 4) is 0 Å². The van der Waals surface area contributed by atoms with Gasteiger partial charge in [-0.3, -0.25) is 0 Å². The Hall–Kier alpha value is 0.150. The van der Waals surface area contributed by atoms with Gasteiger partial charge in [0.2, 0.25) is 0 Å². The molecule has 3 heteroatoms. The third-order valence-electron chi connectivity index (χ3n) is 1.05. The Bertz CT molecular complexity index is 66.1. The molecule has 0 aromatic carbocycles. The molecule has 0 saturated heterocycles. The minimum atomic E-state index is -1.31. The van der Waals surface area contributed by atoms with Crippen LogP contribution in [0.4, 0.5) is 8.78 Å². The molecule has 0 radical (unpaired) electrons. The van der Waals surface area contributed by atoms with Gasteiger partial charge >= 0.3 is 0 Å². The first-order chi connectivity index (χ1) is 4.16. The molecule has 0 N–H and O–H groups in total. The number of alkyl halides is 3. The molecule has 9 heavy (non-hydrogen) atoms. The highest BCUT2D eigenvalue weighted by molar-refractivity contribution is 6.20. The monoisotopic (exact) mass is 156 g/mol. The molecule has 0 aromatic rings. The topological polar surface area (TPSA) is 0 Å². The molecule has 0 amide bonds. The third kappa shape index (κ3) is 6.03. The second-order valence-electron chi connectivity index (χ2n) is 2.11. The maximum Gasteiger partial charge on any atom is 0.128 e. The van der Waals surface area contributed by atoms with Crippen LogP contribution >= 0.6 is 11.6 Å². The minimum absolute atomic E-state index is 0.0465. The second kappa shape index (κ2) is 4.98. The van der Waals surface area contributed by atoms with Gasteiger partial charge in [-0.05, 0) is 19.8 Å². The van der Waals surface area contributed by atoms with Crippen LogP contribution in [0.15, 0.2) is 0 Å². The average Bonchev–Trinajstić information content (AvgIpc) is 1.83. The molecule has 2 atom stereocenters. The number of hydrogen-bond acceptors (Lipinski definition) is 0. The summed E-state index contributed by atoms with van der Waals surface area (Å²) in [6.45, 7) is 0.885. The van der Waals surface area contributed by atoms with E-state index in [4.69, 9.17) is 11.6 Å². The van der Waals surface area contributed by atoms with Gasteiger partial charge in [-0.25, -0.2) is 8.78 Å². The van der Waals surface area contributed by atoms with Gasteiger partial charge in [-0.1, -0.05) is 0 Å². The van der Waals surface area contributed by atoms with Crippen LogP contribution in [0.1, 0.15) is 19.8 Å². The van der Waals surface area contributed by atoms with E-state index in [1.807, 2.05) is 0 Å². The van der Waals surface area contributed by atoms with Crippen molar-refractivity contribution in [3.05, 3.63) is 0 Å². The first kappa shape index (κ1) is 9.15. The Morgan fingerprint density at radius 1 is 1.44 bits per heavy atom. The zero-order chi connectivity index (χ0) is 7.28. The summed E-state index contributed by atoms with van der Waals surface area (Å²) in [6.07, 6.45) is -0.528. The van der Waals surface area contributed by atoms with Crippen LogP contribution in [0.25, 0.3) is 0 Å². The van der Waals surface area contributed by atoms with Crippen molar-refractivity contribution >= 4 is 11.6 Å². The van der Waals surface area contributed by atoms with Crippen molar-refractivity contribution < 1.29 is 8.78 Å². The number of hydrogen-bond donors (Lipinski definition) is 0. The first-order valence-electron chi connectivity index (χ1n) is 3.01. The van der Waals surface area contributed by atoms with Crippen molar-refractivity contribution in [2.24, 2.45) is 0 Å². The van der Waals surface area contributed by atoms with Gasteiger partial charge < -0.3 is 0 Å². The zero-order valence-electron chi connectivity index (χ0n) is 5.41. The van der Waals surface area contributed by atoms with Crippen LogP contribution in [0.2, 0.25) is 0 Å². The lowest BCUT2D eigenvalue weighted by molar-refractivity contribution is 0.243. The molecular formula is C6H11ClF2. The Balaban J connectivity index is 3.06. The van der Waals surface area contributed by atoms with Gasteiger partial charge in [-0.15, -0.1) is 11.6 Å². The maximum atomic E-state index is 12.1. The fraction of sp³-hybridized carbons (Fsp3) is 1.00. The Kier molecular flexibility index (Phi) is 5.06. The van der Waals surface area contributed by atoms with E-state index in [1.54, 1.807) is 6.92 Å². The van der Waals surface area contributed by atoms with E-state index >= 15 is 0 Å². The summed E-state index contributed by atoms with van der Waals surface area (Å²) in [5, 5.41) is -0.0465. The first-order valence-corrected chi connectivity index (χ1v) is 3.44. The summed E-state index contributed by atoms with van der Waals surface area (Å²) in [5.74, 6) is 0. The van der Waals surface area contributed by atoms with Crippen LogP contribution in [0, 0.1) is 0 Å². The third-order valence-corrected chi connectivity index (χ3v) is 1.26. The van der Waals surface area contributed by atoms with Gasteiger partial charge in [0.1, 0.15) is 12.8 Å². The molecule has 0 fully saturated rings. The highest BCUT2D eigenvalue weighted by Crippen LogP contribution is 2.09. The van der Waals surface area contributed by atoms with Crippen LogP contribution in [-0.4, -0.2) is 18.2 Å². The lowest BCUT2D eigenvalue weighted by Gasteiger charge is -2.03. The van der Waals surface area contributed by atoms with Crippen molar-refractivity contribution in [3.63, 3.8) is 0 Å². The molecule has 0 aromatic heterocycles. The summed E-state index contributed by atoms with van der Waals surface area (Å²) in [5.41, 5.74) is 0. The predicted octanol–water partition coefficient (Wildman–Crippen LogP) is 2.70. The van der Waals surface area contributed by atoms with E-state index in [9.17, 15) is 8.78 Å². The van der Waals surface area contributed by atoms with Gasteiger partial charge in [0.05, 0.1) is 0 Å². The molecule has 0 aliphatic rings. The van der Waals surface area contributed by atoms with E-state index in [1.165, 1.54) is 0 Å². The summed E-state index contributed by atoms with van der Waals surface area (Å²) in [7, 11) is 0. The van der Waals surface area contributed by atoms with Crippen molar-refractivity contribution in [1.82, 2.24) is 0 Å². The van der Waals surface area contributed by atoms with Gasteiger partial charge in [0, 0.05) is 5.38 Å². The summed E-state index contributed by atoms with van der Waals surface area (Å²) >= 11 is 5.49. The normalized spacial score (nSPS) is 17.3. The molecule has 56 valence electrons. The molecule has 0 spiro atoms.